The fraction of sp³-hybridized carbons (Fsp3) is 0.667. The normalized spacial score (nSPS) is 16.0. The second-order valence-corrected chi connectivity index (χ2v) is 4.42. The van der Waals surface area contributed by atoms with Crippen molar-refractivity contribution in [1.29, 1.82) is 0 Å². The maximum atomic E-state index is 11.4. The Balaban J connectivity index is 2.17. The Morgan fingerprint density at radius 2 is 1.71 bits per heavy atom. The van der Waals surface area contributed by atoms with Gasteiger partial charge in [0.15, 0.2) is 0 Å². The van der Waals surface area contributed by atoms with Crippen LogP contribution in [0.15, 0.2) is 0 Å². The van der Waals surface area contributed by atoms with Gasteiger partial charge in [-0.05, 0) is 6.42 Å². The van der Waals surface area contributed by atoms with E-state index in [9.17, 15) is 19.2 Å². The van der Waals surface area contributed by atoms with Crippen molar-refractivity contribution in [3.8, 4) is 0 Å². The largest absolute Gasteiger partial charge is 0.463 e. The number of esters is 1. The molecular weight excluding hydrogens is 286 g/mol. The van der Waals surface area contributed by atoms with Gasteiger partial charge < -0.3 is 19.8 Å². The molecule has 0 aliphatic carbocycles. The summed E-state index contributed by atoms with van der Waals surface area (Å²) in [7, 11) is 0. The number of carbonyl (C=O) groups excluding carboxylic acids is 4. The van der Waals surface area contributed by atoms with Crippen molar-refractivity contribution in [1.82, 2.24) is 5.06 Å². The number of rotatable bonds is 8. The van der Waals surface area contributed by atoms with Crippen LogP contribution in [-0.4, -0.2) is 58.3 Å². The minimum absolute atomic E-state index is 0.0195. The van der Waals surface area contributed by atoms with Gasteiger partial charge in [0.25, 0.3) is 11.8 Å². The lowest BCUT2D eigenvalue weighted by molar-refractivity contribution is -0.197. The Labute approximate surface area is 120 Å². The molecule has 2 amide bonds. The number of hydroxylamine groups is 2. The zero-order valence-electron chi connectivity index (χ0n) is 11.3. The summed E-state index contributed by atoms with van der Waals surface area (Å²) in [5.74, 6) is -2.55. The number of aliphatic hydroxyl groups is 2. The number of aliphatic hydroxyl groups excluding tert-OH is 2. The maximum absolute atomic E-state index is 11.4. The van der Waals surface area contributed by atoms with E-state index in [1.54, 1.807) is 0 Å². The number of hydrogen-bond donors (Lipinski definition) is 2. The third-order valence-corrected chi connectivity index (χ3v) is 2.61. The summed E-state index contributed by atoms with van der Waals surface area (Å²) in [4.78, 5) is 49.6. The SMILES string of the molecule is O=C(CCCC(=O)ON1C(=O)CCC1=O)OCC(O)CO. The van der Waals surface area contributed by atoms with Crippen LogP contribution in [0.2, 0.25) is 0 Å². The first kappa shape index (κ1) is 17.1. The molecule has 0 saturated carbocycles. The van der Waals surface area contributed by atoms with Crippen LogP contribution >= 0.6 is 0 Å². The summed E-state index contributed by atoms with van der Waals surface area (Å²) in [5, 5.41) is 17.9. The Kier molecular flexibility index (Phi) is 6.76. The number of carbonyl (C=O) groups is 4. The summed E-state index contributed by atoms with van der Waals surface area (Å²) in [5.41, 5.74) is 0. The molecule has 1 fully saturated rings. The van der Waals surface area contributed by atoms with E-state index in [1.807, 2.05) is 0 Å². The number of nitrogens with zero attached hydrogens (tertiary/aromatic N) is 1. The molecule has 0 aromatic heterocycles. The van der Waals surface area contributed by atoms with Crippen LogP contribution in [0.3, 0.4) is 0 Å². The second-order valence-electron chi connectivity index (χ2n) is 4.42. The van der Waals surface area contributed by atoms with Crippen LogP contribution in [0, 0.1) is 0 Å². The highest BCUT2D eigenvalue weighted by Gasteiger charge is 2.32. The Hall–Kier alpha value is -2.00. The van der Waals surface area contributed by atoms with Crippen molar-refractivity contribution < 1.29 is 39.0 Å². The van der Waals surface area contributed by atoms with Gasteiger partial charge in [-0.25, -0.2) is 4.79 Å². The van der Waals surface area contributed by atoms with Gasteiger partial charge in [0.2, 0.25) is 0 Å². The monoisotopic (exact) mass is 303 g/mol. The molecule has 0 radical (unpaired) electrons. The van der Waals surface area contributed by atoms with E-state index in [1.165, 1.54) is 0 Å². The molecule has 1 rings (SSSR count). The van der Waals surface area contributed by atoms with Crippen molar-refractivity contribution >= 4 is 23.8 Å². The van der Waals surface area contributed by atoms with Crippen molar-refractivity contribution in [3.63, 3.8) is 0 Å². The fourth-order valence-electron chi connectivity index (χ4n) is 1.50. The first-order chi connectivity index (χ1) is 9.93. The Morgan fingerprint density at radius 1 is 1.14 bits per heavy atom. The number of amides is 2. The second kappa shape index (κ2) is 8.32. The van der Waals surface area contributed by atoms with Crippen molar-refractivity contribution in [2.24, 2.45) is 0 Å². The van der Waals surface area contributed by atoms with E-state index in [-0.39, 0.29) is 38.7 Å². The molecule has 21 heavy (non-hydrogen) atoms. The summed E-state index contributed by atoms with van der Waals surface area (Å²) in [6, 6.07) is 0. The van der Waals surface area contributed by atoms with Crippen molar-refractivity contribution in [3.05, 3.63) is 0 Å². The average molecular weight is 303 g/mol. The minimum atomic E-state index is -1.13. The summed E-state index contributed by atoms with van der Waals surface area (Å²) in [6.45, 7) is -0.839. The molecule has 0 aromatic rings. The van der Waals surface area contributed by atoms with E-state index < -0.39 is 36.5 Å². The summed E-state index contributed by atoms with van der Waals surface area (Å²) >= 11 is 0. The molecule has 0 spiro atoms. The third-order valence-electron chi connectivity index (χ3n) is 2.61. The quantitative estimate of drug-likeness (QED) is 0.416. The lowest BCUT2D eigenvalue weighted by Gasteiger charge is -2.12. The summed E-state index contributed by atoms with van der Waals surface area (Å²) in [6.07, 6.45) is -1.23. The van der Waals surface area contributed by atoms with Gasteiger partial charge in [0.1, 0.15) is 12.7 Å². The molecule has 118 valence electrons. The van der Waals surface area contributed by atoms with Crippen LogP contribution < -0.4 is 0 Å². The molecule has 1 saturated heterocycles. The highest BCUT2D eigenvalue weighted by Crippen LogP contribution is 2.13. The predicted molar refractivity (Wildman–Crippen MR) is 65.1 cm³/mol. The molecule has 1 aliphatic rings. The van der Waals surface area contributed by atoms with E-state index in [0.717, 1.165) is 0 Å². The fourth-order valence-corrected chi connectivity index (χ4v) is 1.50. The Bertz CT molecular complexity index is 405. The number of hydrogen-bond acceptors (Lipinski definition) is 8. The predicted octanol–water partition coefficient (Wildman–Crippen LogP) is -1.34. The van der Waals surface area contributed by atoms with Gasteiger partial charge in [-0.2, -0.15) is 0 Å². The zero-order valence-corrected chi connectivity index (χ0v) is 11.3. The standard InChI is InChI=1S/C12H17NO8/c14-6-8(15)7-20-11(18)2-1-3-12(19)21-13-9(16)4-5-10(13)17/h8,14-15H,1-7H2. The smallest absolute Gasteiger partial charge is 0.333 e. The topological polar surface area (TPSA) is 130 Å². The average Bonchev–Trinajstić information content (AvgIpc) is 2.76. The number of imide groups is 1. The zero-order chi connectivity index (χ0) is 15.8. The van der Waals surface area contributed by atoms with Gasteiger partial charge in [0, 0.05) is 25.7 Å². The lowest BCUT2D eigenvalue weighted by Crippen LogP contribution is -2.32. The lowest BCUT2D eigenvalue weighted by atomic mass is 10.2. The molecule has 1 atom stereocenters. The van der Waals surface area contributed by atoms with Gasteiger partial charge in [0.05, 0.1) is 6.61 Å². The molecule has 0 aromatic carbocycles. The molecule has 0 bridgehead atoms. The molecule has 9 nitrogen and oxygen atoms in total. The highest BCUT2D eigenvalue weighted by molar-refractivity contribution is 6.01. The van der Waals surface area contributed by atoms with Gasteiger partial charge in [-0.1, -0.05) is 0 Å². The van der Waals surface area contributed by atoms with Crippen molar-refractivity contribution in [2.75, 3.05) is 13.2 Å². The van der Waals surface area contributed by atoms with E-state index in [4.69, 9.17) is 10.2 Å². The van der Waals surface area contributed by atoms with Crippen LogP contribution in [-0.2, 0) is 28.8 Å². The van der Waals surface area contributed by atoms with E-state index >= 15 is 0 Å². The Morgan fingerprint density at radius 3 is 2.29 bits per heavy atom. The molecule has 9 heteroatoms. The van der Waals surface area contributed by atoms with E-state index in [2.05, 4.69) is 9.57 Å². The minimum Gasteiger partial charge on any atom is -0.463 e. The van der Waals surface area contributed by atoms with Crippen LogP contribution in [0.1, 0.15) is 32.1 Å². The number of ether oxygens (including phenoxy) is 1. The van der Waals surface area contributed by atoms with Crippen LogP contribution in [0.5, 0.6) is 0 Å². The molecule has 1 unspecified atom stereocenters. The third kappa shape index (κ3) is 5.88. The van der Waals surface area contributed by atoms with Gasteiger partial charge in [-0.15, -0.1) is 5.06 Å². The maximum Gasteiger partial charge on any atom is 0.333 e. The molecular formula is C12H17NO8. The van der Waals surface area contributed by atoms with Crippen LogP contribution in [0.4, 0.5) is 0 Å². The molecule has 1 aliphatic heterocycles. The van der Waals surface area contributed by atoms with E-state index in [0.29, 0.717) is 5.06 Å². The van der Waals surface area contributed by atoms with Gasteiger partial charge in [-0.3, -0.25) is 14.4 Å². The van der Waals surface area contributed by atoms with Gasteiger partial charge >= 0.3 is 11.9 Å². The highest BCUT2D eigenvalue weighted by atomic mass is 16.7. The van der Waals surface area contributed by atoms with Crippen LogP contribution in [0.25, 0.3) is 0 Å². The molecule has 2 N–H and O–H groups in total. The first-order valence-electron chi connectivity index (χ1n) is 6.45. The molecule has 1 heterocycles. The van der Waals surface area contributed by atoms with Crippen molar-refractivity contribution in [2.45, 2.75) is 38.2 Å². The summed E-state index contributed by atoms with van der Waals surface area (Å²) < 4.78 is 4.62. The first-order valence-corrected chi connectivity index (χ1v) is 6.45.